The van der Waals surface area contributed by atoms with Gasteiger partial charge in [0.05, 0.1) is 22.2 Å². The van der Waals surface area contributed by atoms with E-state index in [1.54, 1.807) is 7.05 Å². The van der Waals surface area contributed by atoms with Gasteiger partial charge < -0.3 is 5.32 Å². The lowest BCUT2D eigenvalue weighted by atomic mass is 10.1. The molecule has 5 nitrogen and oxygen atoms in total. The van der Waals surface area contributed by atoms with Gasteiger partial charge in [-0.1, -0.05) is 11.6 Å². The average Bonchev–Trinajstić information content (AvgIpc) is 3.26. The Morgan fingerprint density at radius 1 is 1.42 bits per heavy atom. The highest BCUT2D eigenvalue weighted by molar-refractivity contribution is 6.33. The van der Waals surface area contributed by atoms with Crippen molar-refractivity contribution in [2.75, 3.05) is 0 Å². The predicted molar refractivity (Wildman–Crippen MR) is 80.4 cm³/mol. The van der Waals surface area contributed by atoms with Crippen LogP contribution in [0.3, 0.4) is 0 Å². The number of carbonyl (C=O) groups is 1. The van der Waals surface area contributed by atoms with Gasteiger partial charge in [0.2, 0.25) is 0 Å². The lowest BCUT2D eigenvalue weighted by Crippen LogP contribution is -2.32. The van der Waals surface area contributed by atoms with Gasteiger partial charge >= 0.3 is 6.18 Å². The third-order valence-corrected chi connectivity index (χ3v) is 4.27. The van der Waals surface area contributed by atoms with Gasteiger partial charge in [-0.2, -0.15) is 18.3 Å². The van der Waals surface area contributed by atoms with Crippen LogP contribution in [0.5, 0.6) is 0 Å². The molecule has 0 unspecified atom stereocenters. The highest BCUT2D eigenvalue weighted by Crippen LogP contribution is 2.40. The maximum atomic E-state index is 12.8. The summed E-state index contributed by atoms with van der Waals surface area (Å²) in [6.45, 7) is 0. The number of halogens is 4. The van der Waals surface area contributed by atoms with Gasteiger partial charge in [-0.3, -0.25) is 9.48 Å². The largest absolute Gasteiger partial charge is 0.416 e. The van der Waals surface area contributed by atoms with E-state index in [0.717, 1.165) is 31.0 Å². The number of nitrogens with one attached hydrogen (secondary N) is 1. The molecule has 3 rings (SSSR count). The Morgan fingerprint density at radius 2 is 2.12 bits per heavy atom. The molecule has 1 atom stereocenters. The molecule has 1 saturated carbocycles. The summed E-state index contributed by atoms with van der Waals surface area (Å²) in [4.78, 5) is 16.6. The zero-order chi connectivity index (χ0) is 17.5. The number of rotatable bonds is 4. The molecule has 128 valence electrons. The Kier molecular flexibility index (Phi) is 4.25. The van der Waals surface area contributed by atoms with Crippen LogP contribution in [-0.4, -0.2) is 20.7 Å². The van der Waals surface area contributed by atoms with Crippen molar-refractivity contribution in [1.82, 2.24) is 20.1 Å². The first-order chi connectivity index (χ1) is 11.3. The number of aromatic nitrogens is 3. The summed E-state index contributed by atoms with van der Waals surface area (Å²) in [5.74, 6) is 0.0985. The highest BCUT2D eigenvalue weighted by atomic mass is 35.5. The fraction of sp³-hybridized carbons (Fsp3) is 0.400. The maximum absolute atomic E-state index is 12.8. The van der Waals surface area contributed by atoms with E-state index in [-0.39, 0.29) is 16.5 Å². The van der Waals surface area contributed by atoms with Crippen LogP contribution in [0.4, 0.5) is 13.2 Å². The van der Waals surface area contributed by atoms with Crippen LogP contribution in [0.15, 0.2) is 24.5 Å². The summed E-state index contributed by atoms with van der Waals surface area (Å²) in [5.41, 5.74) is -1.13. The SMILES string of the molecule is Cn1ncnc1[C@H](NC(=O)c1cc(C(F)(F)F)ccc1Cl)C1CC1. The van der Waals surface area contributed by atoms with Crippen LogP contribution in [-0.2, 0) is 13.2 Å². The Balaban J connectivity index is 1.87. The van der Waals surface area contributed by atoms with Crippen molar-refractivity contribution in [3.63, 3.8) is 0 Å². The Bertz CT molecular complexity index is 770. The Morgan fingerprint density at radius 3 is 2.67 bits per heavy atom. The van der Waals surface area contributed by atoms with Crippen LogP contribution < -0.4 is 5.32 Å². The molecule has 1 fully saturated rings. The highest BCUT2D eigenvalue weighted by Gasteiger charge is 2.37. The second-order valence-electron chi connectivity index (χ2n) is 5.72. The minimum absolute atomic E-state index is 0.0342. The van der Waals surface area contributed by atoms with Crippen molar-refractivity contribution in [1.29, 1.82) is 0 Å². The predicted octanol–water partition coefficient (Wildman–Crippen LogP) is 3.37. The van der Waals surface area contributed by atoms with E-state index in [4.69, 9.17) is 11.6 Å². The zero-order valence-electron chi connectivity index (χ0n) is 12.6. The molecule has 0 aliphatic heterocycles. The molecule has 0 saturated heterocycles. The summed E-state index contributed by atoms with van der Waals surface area (Å²) in [6, 6.07) is 2.28. The molecular formula is C15H14ClF3N4O. The number of hydrogen-bond acceptors (Lipinski definition) is 3. The third-order valence-electron chi connectivity index (χ3n) is 3.94. The summed E-state index contributed by atoms with van der Waals surface area (Å²) in [5, 5.41) is 6.68. The molecule has 24 heavy (non-hydrogen) atoms. The van der Waals surface area contributed by atoms with Gasteiger partial charge in [-0.15, -0.1) is 0 Å². The second-order valence-corrected chi connectivity index (χ2v) is 6.13. The Hall–Kier alpha value is -2.09. The van der Waals surface area contributed by atoms with Crippen molar-refractivity contribution in [3.8, 4) is 0 Å². The molecule has 0 spiro atoms. The van der Waals surface area contributed by atoms with Crippen molar-refractivity contribution < 1.29 is 18.0 Å². The molecule has 1 N–H and O–H groups in total. The first-order valence-electron chi connectivity index (χ1n) is 7.29. The molecule has 0 radical (unpaired) electrons. The average molecular weight is 359 g/mol. The molecule has 2 aromatic rings. The van der Waals surface area contributed by atoms with Gasteiger partial charge in [-0.05, 0) is 37.0 Å². The van der Waals surface area contributed by atoms with E-state index in [2.05, 4.69) is 15.4 Å². The molecule has 1 amide bonds. The van der Waals surface area contributed by atoms with Gasteiger partial charge in [0.15, 0.2) is 0 Å². The molecule has 1 aromatic heterocycles. The summed E-state index contributed by atoms with van der Waals surface area (Å²) in [7, 11) is 1.70. The molecule has 1 aliphatic rings. The topological polar surface area (TPSA) is 59.8 Å². The fourth-order valence-corrected chi connectivity index (χ4v) is 2.71. The van der Waals surface area contributed by atoms with E-state index in [1.165, 1.54) is 11.0 Å². The normalized spacial score (nSPS) is 16.0. The Labute approximate surface area is 140 Å². The maximum Gasteiger partial charge on any atom is 0.416 e. The van der Waals surface area contributed by atoms with E-state index in [0.29, 0.717) is 5.82 Å². The summed E-state index contributed by atoms with van der Waals surface area (Å²) >= 11 is 5.91. The van der Waals surface area contributed by atoms with Crippen LogP contribution in [0.1, 0.15) is 40.6 Å². The quantitative estimate of drug-likeness (QED) is 0.911. The number of hydrogen-bond donors (Lipinski definition) is 1. The number of alkyl halides is 3. The molecule has 1 aromatic carbocycles. The number of benzene rings is 1. The second kappa shape index (κ2) is 6.08. The summed E-state index contributed by atoms with van der Waals surface area (Å²) in [6.07, 6.45) is -1.35. The smallest absolute Gasteiger partial charge is 0.342 e. The van der Waals surface area contributed by atoms with Crippen molar-refractivity contribution in [3.05, 3.63) is 46.5 Å². The van der Waals surface area contributed by atoms with Gasteiger partial charge in [0.25, 0.3) is 5.91 Å². The van der Waals surface area contributed by atoms with Gasteiger partial charge in [-0.25, -0.2) is 4.98 Å². The number of carbonyl (C=O) groups excluding carboxylic acids is 1. The standard InChI is InChI=1S/C15H14ClF3N4O/c1-23-13(20-7-21-23)12(8-2-3-8)22-14(24)10-6-9(15(17,18)19)4-5-11(10)16/h4-8,12H,2-3H2,1H3,(H,22,24)/t12-/m1/s1. The van der Waals surface area contributed by atoms with Crippen LogP contribution in [0, 0.1) is 5.92 Å². The lowest BCUT2D eigenvalue weighted by Gasteiger charge is -2.18. The minimum atomic E-state index is -4.54. The van der Waals surface area contributed by atoms with Gasteiger partial charge in [0, 0.05) is 7.05 Å². The molecular weight excluding hydrogens is 345 g/mol. The number of amides is 1. The first kappa shape index (κ1) is 16.8. The van der Waals surface area contributed by atoms with Crippen LogP contribution >= 0.6 is 11.6 Å². The van der Waals surface area contributed by atoms with Crippen molar-refractivity contribution in [2.24, 2.45) is 13.0 Å². The lowest BCUT2D eigenvalue weighted by molar-refractivity contribution is -0.137. The zero-order valence-corrected chi connectivity index (χ0v) is 13.4. The minimum Gasteiger partial charge on any atom is -0.342 e. The van der Waals surface area contributed by atoms with Gasteiger partial charge in [0.1, 0.15) is 12.2 Å². The monoisotopic (exact) mass is 358 g/mol. The van der Waals surface area contributed by atoms with Crippen LogP contribution in [0.25, 0.3) is 0 Å². The molecule has 1 heterocycles. The molecule has 9 heteroatoms. The molecule has 0 bridgehead atoms. The van der Waals surface area contributed by atoms with E-state index in [9.17, 15) is 18.0 Å². The van der Waals surface area contributed by atoms with E-state index < -0.39 is 23.7 Å². The fourth-order valence-electron chi connectivity index (χ4n) is 2.50. The number of aryl methyl sites for hydroxylation is 1. The van der Waals surface area contributed by atoms with E-state index in [1.807, 2.05) is 0 Å². The van der Waals surface area contributed by atoms with Crippen LogP contribution in [0.2, 0.25) is 5.02 Å². The van der Waals surface area contributed by atoms with Crippen molar-refractivity contribution >= 4 is 17.5 Å². The van der Waals surface area contributed by atoms with Crippen molar-refractivity contribution in [2.45, 2.75) is 25.1 Å². The van der Waals surface area contributed by atoms with E-state index >= 15 is 0 Å². The molecule has 1 aliphatic carbocycles. The third kappa shape index (κ3) is 3.38. The number of nitrogens with zero attached hydrogens (tertiary/aromatic N) is 3. The summed E-state index contributed by atoms with van der Waals surface area (Å²) < 4.78 is 40.1. The first-order valence-corrected chi connectivity index (χ1v) is 7.66.